The van der Waals surface area contributed by atoms with Crippen molar-refractivity contribution in [1.29, 1.82) is 0 Å². The molecule has 0 saturated heterocycles. The number of aliphatic hydroxyl groups is 1. The van der Waals surface area contributed by atoms with Crippen LogP contribution in [0.4, 0.5) is 17.6 Å². The van der Waals surface area contributed by atoms with Crippen LogP contribution in [0.1, 0.15) is 18.1 Å². The standard InChI is InChI=1S/C13H9F4NO/c1-13(19,7-4-8(14)6-18-5-7)9-2-3-10(15)12(17)11(9)16/h2-6,19H,1H3. The van der Waals surface area contributed by atoms with Crippen molar-refractivity contribution in [2.75, 3.05) is 0 Å². The number of nitrogens with zero attached hydrogens (tertiary/aromatic N) is 1. The Balaban J connectivity index is 2.60. The minimum absolute atomic E-state index is 0.0718. The third kappa shape index (κ3) is 2.31. The summed E-state index contributed by atoms with van der Waals surface area (Å²) in [4.78, 5) is 3.52. The maximum absolute atomic E-state index is 13.7. The third-order valence-corrected chi connectivity index (χ3v) is 2.83. The van der Waals surface area contributed by atoms with E-state index in [0.29, 0.717) is 6.07 Å². The molecule has 1 aromatic heterocycles. The van der Waals surface area contributed by atoms with Gasteiger partial charge in [-0.05, 0) is 25.1 Å². The lowest BCUT2D eigenvalue weighted by Gasteiger charge is -2.24. The van der Waals surface area contributed by atoms with Crippen LogP contribution < -0.4 is 0 Å². The lowest BCUT2D eigenvalue weighted by atomic mass is 9.88. The first-order chi connectivity index (χ1) is 8.84. The minimum Gasteiger partial charge on any atom is -0.381 e. The van der Waals surface area contributed by atoms with Crippen molar-refractivity contribution in [2.45, 2.75) is 12.5 Å². The van der Waals surface area contributed by atoms with Crippen molar-refractivity contribution in [2.24, 2.45) is 0 Å². The molecule has 0 radical (unpaired) electrons. The Morgan fingerprint density at radius 1 is 1.05 bits per heavy atom. The Kier molecular flexibility index (Phi) is 3.28. The van der Waals surface area contributed by atoms with Gasteiger partial charge in [0.15, 0.2) is 17.5 Å². The molecular formula is C13H9F4NO. The third-order valence-electron chi connectivity index (χ3n) is 2.83. The summed E-state index contributed by atoms with van der Waals surface area (Å²) >= 11 is 0. The molecule has 2 rings (SSSR count). The van der Waals surface area contributed by atoms with Gasteiger partial charge in [0.1, 0.15) is 11.4 Å². The van der Waals surface area contributed by atoms with Crippen LogP contribution in [0.5, 0.6) is 0 Å². The predicted molar refractivity (Wildman–Crippen MR) is 59.2 cm³/mol. The number of benzene rings is 1. The van der Waals surface area contributed by atoms with E-state index in [-0.39, 0.29) is 5.56 Å². The zero-order valence-electron chi connectivity index (χ0n) is 9.79. The molecule has 0 aliphatic rings. The molecule has 6 heteroatoms. The van der Waals surface area contributed by atoms with Gasteiger partial charge in [0.2, 0.25) is 0 Å². The quantitative estimate of drug-likeness (QED) is 0.673. The molecule has 2 aromatic rings. The highest BCUT2D eigenvalue weighted by atomic mass is 19.2. The Morgan fingerprint density at radius 3 is 2.37 bits per heavy atom. The van der Waals surface area contributed by atoms with E-state index in [2.05, 4.69) is 4.98 Å². The van der Waals surface area contributed by atoms with Gasteiger partial charge >= 0.3 is 0 Å². The molecule has 100 valence electrons. The molecule has 0 bridgehead atoms. The molecule has 1 N–H and O–H groups in total. The molecule has 2 nitrogen and oxygen atoms in total. The van der Waals surface area contributed by atoms with E-state index in [9.17, 15) is 22.7 Å². The maximum atomic E-state index is 13.7. The van der Waals surface area contributed by atoms with Gasteiger partial charge in [0.25, 0.3) is 0 Å². The summed E-state index contributed by atoms with van der Waals surface area (Å²) in [6.07, 6.45) is 2.02. The highest BCUT2D eigenvalue weighted by Crippen LogP contribution is 2.32. The van der Waals surface area contributed by atoms with Crippen molar-refractivity contribution in [3.05, 3.63) is 65.0 Å². The fourth-order valence-corrected chi connectivity index (χ4v) is 1.74. The molecule has 0 amide bonds. The van der Waals surface area contributed by atoms with E-state index < -0.39 is 34.4 Å². The summed E-state index contributed by atoms with van der Waals surface area (Å²) in [5.41, 5.74) is -2.61. The largest absolute Gasteiger partial charge is 0.381 e. The lowest BCUT2D eigenvalue weighted by molar-refractivity contribution is 0.0959. The van der Waals surface area contributed by atoms with Crippen molar-refractivity contribution < 1.29 is 22.7 Å². The smallest absolute Gasteiger partial charge is 0.194 e. The van der Waals surface area contributed by atoms with Gasteiger partial charge < -0.3 is 5.11 Å². The molecule has 0 aliphatic heterocycles. The zero-order chi connectivity index (χ0) is 14.2. The van der Waals surface area contributed by atoms with Gasteiger partial charge in [-0.15, -0.1) is 0 Å². The number of rotatable bonds is 2. The monoisotopic (exact) mass is 271 g/mol. The van der Waals surface area contributed by atoms with Gasteiger partial charge in [-0.1, -0.05) is 0 Å². The van der Waals surface area contributed by atoms with Crippen LogP contribution in [0.2, 0.25) is 0 Å². The van der Waals surface area contributed by atoms with Crippen LogP contribution in [0.25, 0.3) is 0 Å². The Labute approximate surface area is 106 Å². The fraction of sp³-hybridized carbons (Fsp3) is 0.154. The molecular weight excluding hydrogens is 262 g/mol. The normalized spacial score (nSPS) is 14.2. The Morgan fingerprint density at radius 2 is 1.74 bits per heavy atom. The summed E-state index contributed by atoms with van der Waals surface area (Å²) in [7, 11) is 0. The van der Waals surface area contributed by atoms with Crippen molar-refractivity contribution >= 4 is 0 Å². The van der Waals surface area contributed by atoms with Crippen molar-refractivity contribution in [3.8, 4) is 0 Å². The molecule has 1 unspecified atom stereocenters. The molecule has 1 aromatic carbocycles. The van der Waals surface area contributed by atoms with Crippen LogP contribution in [0.3, 0.4) is 0 Å². The highest BCUT2D eigenvalue weighted by Gasteiger charge is 2.31. The first-order valence-corrected chi connectivity index (χ1v) is 5.31. The van der Waals surface area contributed by atoms with Gasteiger partial charge in [0, 0.05) is 17.3 Å². The summed E-state index contributed by atoms with van der Waals surface area (Å²) in [5.74, 6) is -5.31. The minimum atomic E-state index is -2.03. The molecule has 0 aliphatic carbocycles. The van der Waals surface area contributed by atoms with Crippen molar-refractivity contribution in [3.63, 3.8) is 0 Å². The number of pyridine rings is 1. The number of hydrogen-bond donors (Lipinski definition) is 1. The Hall–Kier alpha value is -1.95. The first-order valence-electron chi connectivity index (χ1n) is 5.31. The van der Waals surface area contributed by atoms with E-state index in [0.717, 1.165) is 31.5 Å². The number of aromatic nitrogens is 1. The highest BCUT2D eigenvalue weighted by molar-refractivity contribution is 5.35. The summed E-state index contributed by atoms with van der Waals surface area (Å²) in [5, 5.41) is 10.2. The van der Waals surface area contributed by atoms with Crippen LogP contribution >= 0.6 is 0 Å². The molecule has 1 heterocycles. The molecule has 19 heavy (non-hydrogen) atoms. The van der Waals surface area contributed by atoms with Gasteiger partial charge in [-0.3, -0.25) is 4.98 Å². The van der Waals surface area contributed by atoms with E-state index in [1.54, 1.807) is 0 Å². The summed E-state index contributed by atoms with van der Waals surface area (Å²) in [6.45, 7) is 1.14. The van der Waals surface area contributed by atoms with E-state index >= 15 is 0 Å². The molecule has 1 atom stereocenters. The van der Waals surface area contributed by atoms with Crippen LogP contribution in [-0.4, -0.2) is 10.1 Å². The van der Waals surface area contributed by atoms with Crippen LogP contribution in [0, 0.1) is 23.3 Å². The summed E-state index contributed by atoms with van der Waals surface area (Å²) < 4.78 is 52.7. The predicted octanol–water partition coefficient (Wildman–Crippen LogP) is 2.89. The molecule has 0 spiro atoms. The SMILES string of the molecule is CC(O)(c1cncc(F)c1)c1ccc(F)c(F)c1F. The second kappa shape index (κ2) is 4.62. The topological polar surface area (TPSA) is 33.1 Å². The number of halogens is 4. The maximum Gasteiger partial charge on any atom is 0.194 e. The Bertz CT molecular complexity index is 628. The zero-order valence-corrected chi connectivity index (χ0v) is 9.79. The van der Waals surface area contributed by atoms with Crippen molar-refractivity contribution in [1.82, 2.24) is 4.98 Å². The average molecular weight is 271 g/mol. The second-order valence-corrected chi connectivity index (χ2v) is 4.19. The molecule has 0 fully saturated rings. The van der Waals surface area contributed by atoms with Crippen LogP contribution in [-0.2, 0) is 5.60 Å². The van der Waals surface area contributed by atoms with Gasteiger partial charge in [0.05, 0.1) is 6.20 Å². The van der Waals surface area contributed by atoms with Crippen LogP contribution in [0.15, 0.2) is 30.6 Å². The first kappa shape index (κ1) is 13.5. The average Bonchev–Trinajstić information content (AvgIpc) is 2.36. The number of hydrogen-bond acceptors (Lipinski definition) is 2. The lowest BCUT2D eigenvalue weighted by Crippen LogP contribution is -2.25. The van der Waals surface area contributed by atoms with Gasteiger partial charge in [-0.2, -0.15) is 0 Å². The van der Waals surface area contributed by atoms with E-state index in [4.69, 9.17) is 0 Å². The fourth-order valence-electron chi connectivity index (χ4n) is 1.74. The van der Waals surface area contributed by atoms with E-state index in [1.165, 1.54) is 0 Å². The van der Waals surface area contributed by atoms with Gasteiger partial charge in [-0.25, -0.2) is 17.6 Å². The second-order valence-electron chi connectivity index (χ2n) is 4.19. The molecule has 0 saturated carbocycles. The van der Waals surface area contributed by atoms with E-state index in [1.807, 2.05) is 0 Å². The summed E-state index contributed by atoms with van der Waals surface area (Å²) in [6, 6.07) is 2.53.